The topological polar surface area (TPSA) is 43.8 Å². The molecule has 2 N–H and O–H groups in total. The van der Waals surface area contributed by atoms with Crippen LogP contribution in [-0.4, -0.2) is 15.8 Å². The molecule has 0 aliphatic carbocycles. The Hall–Kier alpha value is -1.61. The van der Waals surface area contributed by atoms with Crippen LogP contribution in [-0.2, 0) is 6.42 Å². The van der Waals surface area contributed by atoms with Crippen LogP contribution in [0.3, 0.4) is 0 Å². The second-order valence-corrected chi connectivity index (χ2v) is 4.20. The van der Waals surface area contributed by atoms with Crippen LogP contribution in [0.4, 0.5) is 0 Å². The Morgan fingerprint density at radius 2 is 2.00 bits per heavy atom. The highest BCUT2D eigenvalue weighted by molar-refractivity contribution is 5.32. The van der Waals surface area contributed by atoms with E-state index in [0.717, 1.165) is 17.8 Å². The highest BCUT2D eigenvalue weighted by Gasteiger charge is 2.07. The summed E-state index contributed by atoms with van der Waals surface area (Å²) in [5.74, 6) is 0. The smallest absolute Gasteiger partial charge is 0.0645 e. The number of hydrogen-bond acceptors (Lipinski definition) is 2. The number of aryl methyl sites for hydroxylation is 1. The third-order valence-electron chi connectivity index (χ3n) is 2.56. The number of rotatable bonds is 3. The van der Waals surface area contributed by atoms with Crippen molar-refractivity contribution in [1.29, 1.82) is 0 Å². The minimum Gasteiger partial charge on any atom is -0.328 e. The van der Waals surface area contributed by atoms with E-state index in [2.05, 4.69) is 11.3 Å². The van der Waals surface area contributed by atoms with Crippen LogP contribution >= 0.6 is 0 Å². The van der Waals surface area contributed by atoms with Crippen LogP contribution in [0.2, 0.25) is 0 Å². The second-order valence-electron chi connectivity index (χ2n) is 4.20. The summed E-state index contributed by atoms with van der Waals surface area (Å²) < 4.78 is 1.91. The van der Waals surface area contributed by atoms with Crippen molar-refractivity contribution in [2.75, 3.05) is 0 Å². The summed E-state index contributed by atoms with van der Waals surface area (Å²) in [6.45, 7) is 4.04. The van der Waals surface area contributed by atoms with Gasteiger partial charge in [0.25, 0.3) is 0 Å². The van der Waals surface area contributed by atoms with E-state index >= 15 is 0 Å². The minimum absolute atomic E-state index is 0.173. The molecule has 1 atom stereocenters. The van der Waals surface area contributed by atoms with Crippen LogP contribution in [0.5, 0.6) is 0 Å². The molecule has 3 nitrogen and oxygen atoms in total. The lowest BCUT2D eigenvalue weighted by atomic mass is 10.1. The lowest BCUT2D eigenvalue weighted by molar-refractivity contribution is 0.735. The van der Waals surface area contributed by atoms with E-state index in [4.69, 9.17) is 5.73 Å². The molecule has 0 saturated heterocycles. The van der Waals surface area contributed by atoms with Crippen molar-refractivity contribution in [3.8, 4) is 5.69 Å². The van der Waals surface area contributed by atoms with Gasteiger partial charge in [-0.2, -0.15) is 5.10 Å². The zero-order chi connectivity index (χ0) is 11.5. The molecule has 0 amide bonds. The van der Waals surface area contributed by atoms with Gasteiger partial charge in [-0.3, -0.25) is 0 Å². The van der Waals surface area contributed by atoms with Crippen LogP contribution in [0.25, 0.3) is 5.69 Å². The highest BCUT2D eigenvalue weighted by Crippen LogP contribution is 2.12. The van der Waals surface area contributed by atoms with Gasteiger partial charge in [-0.05, 0) is 38.0 Å². The molecule has 3 heteroatoms. The first-order chi connectivity index (χ1) is 7.66. The maximum absolute atomic E-state index is 5.80. The largest absolute Gasteiger partial charge is 0.328 e. The third kappa shape index (κ3) is 2.31. The Morgan fingerprint density at radius 3 is 2.62 bits per heavy atom. The maximum atomic E-state index is 5.80. The van der Waals surface area contributed by atoms with E-state index in [9.17, 15) is 0 Å². The summed E-state index contributed by atoms with van der Waals surface area (Å²) in [4.78, 5) is 0. The van der Waals surface area contributed by atoms with Gasteiger partial charge >= 0.3 is 0 Å². The fourth-order valence-corrected chi connectivity index (χ4v) is 1.76. The predicted octanol–water partition coefficient (Wildman–Crippen LogP) is 2.07. The third-order valence-corrected chi connectivity index (χ3v) is 2.56. The lowest BCUT2D eigenvalue weighted by Crippen LogP contribution is -2.17. The van der Waals surface area contributed by atoms with Crippen molar-refractivity contribution in [1.82, 2.24) is 9.78 Å². The van der Waals surface area contributed by atoms with Crippen molar-refractivity contribution >= 4 is 0 Å². The molecule has 1 heterocycles. The Labute approximate surface area is 95.9 Å². The summed E-state index contributed by atoms with van der Waals surface area (Å²) in [6.07, 6.45) is 2.94. The maximum Gasteiger partial charge on any atom is 0.0645 e. The van der Waals surface area contributed by atoms with E-state index in [1.54, 1.807) is 0 Å². The molecule has 0 fully saturated rings. The molecule has 1 aromatic heterocycles. The van der Waals surface area contributed by atoms with Gasteiger partial charge in [0.1, 0.15) is 0 Å². The second kappa shape index (κ2) is 4.49. The molecule has 0 saturated carbocycles. The van der Waals surface area contributed by atoms with Crippen LogP contribution in [0.1, 0.15) is 18.2 Å². The molecule has 2 rings (SSSR count). The monoisotopic (exact) mass is 215 g/mol. The van der Waals surface area contributed by atoms with Crippen molar-refractivity contribution < 1.29 is 0 Å². The van der Waals surface area contributed by atoms with Gasteiger partial charge in [0, 0.05) is 12.2 Å². The molecule has 0 spiro atoms. The molecule has 16 heavy (non-hydrogen) atoms. The van der Waals surface area contributed by atoms with Gasteiger partial charge in [0.2, 0.25) is 0 Å². The zero-order valence-corrected chi connectivity index (χ0v) is 9.72. The van der Waals surface area contributed by atoms with E-state index in [1.807, 2.05) is 48.9 Å². The lowest BCUT2D eigenvalue weighted by Gasteiger charge is -2.02. The fourth-order valence-electron chi connectivity index (χ4n) is 1.76. The summed E-state index contributed by atoms with van der Waals surface area (Å²) in [7, 11) is 0. The first-order valence-corrected chi connectivity index (χ1v) is 5.53. The van der Waals surface area contributed by atoms with Gasteiger partial charge in [-0.25, -0.2) is 4.68 Å². The van der Waals surface area contributed by atoms with Crippen molar-refractivity contribution in [2.45, 2.75) is 26.3 Å². The van der Waals surface area contributed by atoms with Gasteiger partial charge in [-0.15, -0.1) is 0 Å². The quantitative estimate of drug-likeness (QED) is 0.851. The van der Waals surface area contributed by atoms with Gasteiger partial charge in [0.05, 0.1) is 11.4 Å². The molecule has 0 radical (unpaired) electrons. The Morgan fingerprint density at radius 1 is 1.31 bits per heavy atom. The first-order valence-electron chi connectivity index (χ1n) is 5.53. The zero-order valence-electron chi connectivity index (χ0n) is 9.72. The van der Waals surface area contributed by atoms with E-state index in [1.165, 1.54) is 5.56 Å². The van der Waals surface area contributed by atoms with E-state index in [-0.39, 0.29) is 6.04 Å². The normalized spacial score (nSPS) is 12.7. The van der Waals surface area contributed by atoms with E-state index < -0.39 is 0 Å². The average molecular weight is 215 g/mol. The van der Waals surface area contributed by atoms with E-state index in [0.29, 0.717) is 0 Å². The van der Waals surface area contributed by atoms with Gasteiger partial charge in [0.15, 0.2) is 0 Å². The van der Waals surface area contributed by atoms with Crippen molar-refractivity contribution in [3.05, 3.63) is 47.8 Å². The van der Waals surface area contributed by atoms with Crippen LogP contribution in [0.15, 0.2) is 36.5 Å². The number of aromatic nitrogens is 2. The first kappa shape index (κ1) is 10.9. The standard InChI is InChI=1S/C13H17N3/c1-10(14)8-12-9-16(15-11(12)2)13-6-4-3-5-7-13/h3-7,9-10H,8,14H2,1-2H3. The van der Waals surface area contributed by atoms with Gasteiger partial charge in [-0.1, -0.05) is 18.2 Å². The Kier molecular flexibility index (Phi) is 3.06. The summed E-state index contributed by atoms with van der Waals surface area (Å²) >= 11 is 0. The molecule has 0 aliphatic rings. The molecular weight excluding hydrogens is 198 g/mol. The Balaban J connectivity index is 2.31. The highest BCUT2D eigenvalue weighted by atomic mass is 15.3. The number of nitrogens with zero attached hydrogens (tertiary/aromatic N) is 2. The average Bonchev–Trinajstić information content (AvgIpc) is 2.61. The minimum atomic E-state index is 0.173. The SMILES string of the molecule is Cc1nn(-c2ccccc2)cc1CC(C)N. The predicted molar refractivity (Wildman–Crippen MR) is 65.7 cm³/mol. The summed E-state index contributed by atoms with van der Waals surface area (Å²) in [6, 6.07) is 10.3. The molecule has 0 aliphatic heterocycles. The summed E-state index contributed by atoms with van der Waals surface area (Å²) in [5, 5.41) is 4.50. The van der Waals surface area contributed by atoms with Crippen molar-refractivity contribution in [3.63, 3.8) is 0 Å². The van der Waals surface area contributed by atoms with Crippen LogP contribution in [0, 0.1) is 6.92 Å². The molecule has 0 bridgehead atoms. The molecule has 1 aromatic carbocycles. The molecule has 84 valence electrons. The number of para-hydroxylation sites is 1. The number of benzene rings is 1. The molecular formula is C13H17N3. The van der Waals surface area contributed by atoms with Crippen molar-refractivity contribution in [2.24, 2.45) is 5.73 Å². The van der Waals surface area contributed by atoms with Gasteiger partial charge < -0.3 is 5.73 Å². The number of hydrogen-bond donors (Lipinski definition) is 1. The van der Waals surface area contributed by atoms with Crippen LogP contribution < -0.4 is 5.73 Å². The summed E-state index contributed by atoms with van der Waals surface area (Å²) in [5.41, 5.74) is 9.17. The molecule has 2 aromatic rings. The molecule has 1 unspecified atom stereocenters. The number of nitrogens with two attached hydrogens (primary N) is 1. The fraction of sp³-hybridized carbons (Fsp3) is 0.308. The Bertz CT molecular complexity index is 457.